The van der Waals surface area contributed by atoms with Crippen molar-refractivity contribution in [3.63, 3.8) is 0 Å². The molecule has 31 heavy (non-hydrogen) atoms. The topological polar surface area (TPSA) is 123 Å². The van der Waals surface area contributed by atoms with Crippen molar-refractivity contribution in [1.82, 2.24) is 10.7 Å². The van der Waals surface area contributed by atoms with E-state index in [4.69, 9.17) is 33.7 Å². The van der Waals surface area contributed by atoms with Gasteiger partial charge in [0.1, 0.15) is 11.8 Å². The Kier molecular flexibility index (Phi) is 8.84. The Balaban J connectivity index is 2.05. The smallest absolute Gasteiger partial charge is 0.262 e. The molecule has 164 valence electrons. The van der Waals surface area contributed by atoms with Crippen LogP contribution in [0.1, 0.15) is 29.8 Å². The average Bonchev–Trinajstić information content (AvgIpc) is 2.72. The molecule has 0 saturated heterocycles. The van der Waals surface area contributed by atoms with E-state index in [9.17, 15) is 14.4 Å². The Morgan fingerprint density at radius 3 is 2.48 bits per heavy atom. The number of nitrogens with zero attached hydrogens (tertiary/aromatic N) is 1. The van der Waals surface area contributed by atoms with Crippen molar-refractivity contribution >= 4 is 47.1 Å². The SMILES string of the molecule is CC(C)C(NC(=O)c1ccc(Cl)c(Cl)c1)C(=O)NN=Cc1ccccc1OCC(N)=O. The summed E-state index contributed by atoms with van der Waals surface area (Å²) in [5.74, 6) is -1.42. The van der Waals surface area contributed by atoms with Crippen molar-refractivity contribution in [2.75, 3.05) is 6.61 Å². The highest BCUT2D eigenvalue weighted by molar-refractivity contribution is 6.42. The number of rotatable bonds is 9. The fourth-order valence-corrected chi connectivity index (χ4v) is 2.80. The number of ether oxygens (including phenoxy) is 1. The molecule has 8 nitrogen and oxygen atoms in total. The van der Waals surface area contributed by atoms with Gasteiger partial charge in [0.25, 0.3) is 17.7 Å². The maximum absolute atomic E-state index is 12.6. The first-order chi connectivity index (χ1) is 14.7. The molecule has 2 aromatic rings. The second-order valence-corrected chi connectivity index (χ2v) is 7.67. The number of amides is 3. The van der Waals surface area contributed by atoms with Crippen molar-refractivity contribution < 1.29 is 19.1 Å². The van der Waals surface area contributed by atoms with E-state index in [1.165, 1.54) is 24.4 Å². The third kappa shape index (κ3) is 7.27. The number of nitrogens with two attached hydrogens (primary N) is 1. The van der Waals surface area contributed by atoms with Crippen molar-refractivity contribution in [3.8, 4) is 5.75 Å². The zero-order valence-electron chi connectivity index (χ0n) is 16.9. The van der Waals surface area contributed by atoms with Crippen molar-refractivity contribution in [1.29, 1.82) is 0 Å². The molecular weight excluding hydrogens is 443 g/mol. The lowest BCUT2D eigenvalue weighted by Gasteiger charge is -2.20. The molecule has 0 fully saturated rings. The third-order valence-corrected chi connectivity index (χ3v) is 4.82. The molecule has 0 saturated carbocycles. The minimum atomic E-state index is -0.847. The Morgan fingerprint density at radius 2 is 1.84 bits per heavy atom. The van der Waals surface area contributed by atoms with Crippen LogP contribution in [-0.2, 0) is 9.59 Å². The molecule has 0 aliphatic rings. The molecular formula is C21H22Cl2N4O4. The molecule has 0 aliphatic carbocycles. The second kappa shape index (κ2) is 11.3. The first kappa shape index (κ1) is 24.2. The number of hydrogen-bond donors (Lipinski definition) is 3. The molecule has 2 rings (SSSR count). The standard InChI is InChI=1S/C21H22Cl2N4O4/c1-12(2)19(26-20(29)13-7-8-15(22)16(23)9-13)21(30)27-25-10-14-5-3-4-6-17(14)31-11-18(24)28/h3-10,12,19H,11H2,1-2H3,(H2,24,28)(H,26,29)(H,27,30). The molecule has 0 spiro atoms. The number of primary amides is 1. The van der Waals surface area contributed by atoms with Gasteiger partial charge in [0.05, 0.1) is 16.3 Å². The van der Waals surface area contributed by atoms with Crippen molar-refractivity contribution in [2.45, 2.75) is 19.9 Å². The van der Waals surface area contributed by atoms with E-state index >= 15 is 0 Å². The summed E-state index contributed by atoms with van der Waals surface area (Å²) in [5, 5.41) is 7.16. The van der Waals surface area contributed by atoms with Crippen molar-refractivity contribution in [3.05, 3.63) is 63.6 Å². The van der Waals surface area contributed by atoms with E-state index in [1.807, 2.05) is 0 Å². The summed E-state index contributed by atoms with van der Waals surface area (Å²) in [6.07, 6.45) is 1.37. The highest BCUT2D eigenvalue weighted by Gasteiger charge is 2.24. The maximum Gasteiger partial charge on any atom is 0.262 e. The lowest BCUT2D eigenvalue weighted by atomic mass is 10.0. The highest BCUT2D eigenvalue weighted by atomic mass is 35.5. The summed E-state index contributed by atoms with van der Waals surface area (Å²) in [5.41, 5.74) is 8.30. The zero-order valence-corrected chi connectivity index (χ0v) is 18.4. The molecule has 0 aromatic heterocycles. The predicted octanol–water partition coefficient (Wildman–Crippen LogP) is 2.76. The molecule has 0 aliphatic heterocycles. The molecule has 3 amide bonds. The highest BCUT2D eigenvalue weighted by Crippen LogP contribution is 2.22. The van der Waals surface area contributed by atoms with Gasteiger partial charge in [0, 0.05) is 11.1 Å². The van der Waals surface area contributed by atoms with E-state index in [2.05, 4.69) is 15.8 Å². The first-order valence-corrected chi connectivity index (χ1v) is 10.0. The summed E-state index contributed by atoms with van der Waals surface area (Å²) < 4.78 is 5.31. The zero-order chi connectivity index (χ0) is 23.0. The lowest BCUT2D eigenvalue weighted by Crippen LogP contribution is -2.48. The number of nitrogens with one attached hydrogen (secondary N) is 2. The molecule has 2 aromatic carbocycles. The quantitative estimate of drug-likeness (QED) is 0.389. The van der Waals surface area contributed by atoms with Crippen LogP contribution in [0.15, 0.2) is 47.6 Å². The largest absolute Gasteiger partial charge is 0.483 e. The number of hydrazone groups is 1. The Morgan fingerprint density at radius 1 is 1.13 bits per heavy atom. The second-order valence-electron chi connectivity index (χ2n) is 6.85. The van der Waals surface area contributed by atoms with E-state index in [1.54, 1.807) is 38.1 Å². The lowest BCUT2D eigenvalue weighted by molar-refractivity contribution is -0.124. The monoisotopic (exact) mass is 464 g/mol. The molecule has 10 heteroatoms. The van der Waals surface area contributed by atoms with E-state index in [-0.39, 0.29) is 23.1 Å². The first-order valence-electron chi connectivity index (χ1n) is 9.28. The van der Waals surface area contributed by atoms with Crippen LogP contribution in [0, 0.1) is 5.92 Å². The summed E-state index contributed by atoms with van der Waals surface area (Å²) in [4.78, 5) is 36.0. The van der Waals surface area contributed by atoms with Gasteiger partial charge in [-0.1, -0.05) is 49.2 Å². The minimum Gasteiger partial charge on any atom is -0.483 e. The summed E-state index contributed by atoms with van der Waals surface area (Å²) in [7, 11) is 0. The molecule has 0 heterocycles. The van der Waals surface area contributed by atoms with Crippen LogP contribution in [0.5, 0.6) is 5.75 Å². The van der Waals surface area contributed by atoms with Crippen LogP contribution in [0.25, 0.3) is 0 Å². The van der Waals surface area contributed by atoms with Gasteiger partial charge >= 0.3 is 0 Å². The van der Waals surface area contributed by atoms with E-state index in [0.29, 0.717) is 16.3 Å². The van der Waals surface area contributed by atoms with Crippen LogP contribution in [-0.4, -0.2) is 36.6 Å². The van der Waals surface area contributed by atoms with Gasteiger partial charge in [-0.3, -0.25) is 14.4 Å². The molecule has 1 atom stereocenters. The molecule has 1 unspecified atom stereocenters. The normalized spacial score (nSPS) is 11.9. The van der Waals surface area contributed by atoms with Gasteiger partial charge in [-0.15, -0.1) is 0 Å². The summed E-state index contributed by atoms with van der Waals surface area (Å²) >= 11 is 11.8. The third-order valence-electron chi connectivity index (χ3n) is 4.08. The van der Waals surface area contributed by atoms with Crippen LogP contribution in [0.3, 0.4) is 0 Å². The summed E-state index contributed by atoms with van der Waals surface area (Å²) in [6.45, 7) is 3.29. The number of carbonyl (C=O) groups excluding carboxylic acids is 3. The van der Waals surface area contributed by atoms with Crippen molar-refractivity contribution in [2.24, 2.45) is 16.8 Å². The maximum atomic E-state index is 12.6. The van der Waals surface area contributed by atoms with E-state index < -0.39 is 23.8 Å². The number of halogens is 2. The van der Waals surface area contributed by atoms with Crippen LogP contribution < -0.4 is 21.2 Å². The average molecular weight is 465 g/mol. The number of benzene rings is 2. The molecule has 0 bridgehead atoms. The van der Waals surface area contributed by atoms with Gasteiger partial charge in [0.15, 0.2) is 6.61 Å². The number of carbonyl (C=O) groups is 3. The molecule has 0 radical (unpaired) electrons. The fourth-order valence-electron chi connectivity index (χ4n) is 2.50. The fraction of sp³-hybridized carbons (Fsp3) is 0.238. The minimum absolute atomic E-state index is 0.215. The summed E-state index contributed by atoms with van der Waals surface area (Å²) in [6, 6.07) is 10.4. The predicted molar refractivity (Wildman–Crippen MR) is 119 cm³/mol. The molecule has 4 N–H and O–H groups in total. The van der Waals surface area contributed by atoms with Crippen LogP contribution in [0.4, 0.5) is 0 Å². The van der Waals surface area contributed by atoms with Gasteiger partial charge in [-0.05, 0) is 36.2 Å². The van der Waals surface area contributed by atoms with Gasteiger partial charge in [0.2, 0.25) is 0 Å². The van der Waals surface area contributed by atoms with Gasteiger partial charge in [-0.2, -0.15) is 5.10 Å². The number of hydrogen-bond acceptors (Lipinski definition) is 5. The van der Waals surface area contributed by atoms with Crippen LogP contribution in [0.2, 0.25) is 10.0 Å². The van der Waals surface area contributed by atoms with Crippen LogP contribution >= 0.6 is 23.2 Å². The number of para-hydroxylation sites is 1. The van der Waals surface area contributed by atoms with Gasteiger partial charge in [-0.25, -0.2) is 5.43 Å². The van der Waals surface area contributed by atoms with Gasteiger partial charge < -0.3 is 15.8 Å². The Labute approximate surface area is 189 Å². The Bertz CT molecular complexity index is 995. The Hall–Kier alpha value is -3.10. The van der Waals surface area contributed by atoms with E-state index in [0.717, 1.165) is 0 Å².